The molecule has 0 aromatic heterocycles. The molecule has 1 unspecified atom stereocenters. The highest BCUT2D eigenvalue weighted by Gasteiger charge is 2.28. The van der Waals surface area contributed by atoms with Crippen LogP contribution in [0.3, 0.4) is 0 Å². The summed E-state index contributed by atoms with van der Waals surface area (Å²) in [5, 5.41) is 15.7. The van der Waals surface area contributed by atoms with Crippen molar-refractivity contribution < 1.29 is 18.3 Å². The number of hydrogen-bond acceptors (Lipinski definition) is 5. The highest BCUT2D eigenvalue weighted by atomic mass is 32.2. The molecule has 7 heteroatoms. The predicted octanol–water partition coefficient (Wildman–Crippen LogP) is -0.817. The maximum Gasteiger partial charge on any atom is 0.221 e. The molecule has 1 saturated carbocycles. The number of aliphatic hydroxyl groups excluding tert-OH is 1. The Balaban J connectivity index is 1.80. The van der Waals surface area contributed by atoms with E-state index in [1.54, 1.807) is 0 Å². The predicted molar refractivity (Wildman–Crippen MR) is 71.5 cm³/mol. The van der Waals surface area contributed by atoms with E-state index in [1.807, 2.05) is 0 Å². The van der Waals surface area contributed by atoms with Crippen molar-refractivity contribution in [1.82, 2.24) is 10.6 Å². The Hall–Kier alpha value is -0.660. The molecule has 2 rings (SSSR count). The molecule has 19 heavy (non-hydrogen) atoms. The SMILES string of the molecule is O=C(CC1CS(=O)(=O)CCN1)N[C@H]1CCCC[C@@H]1O. The van der Waals surface area contributed by atoms with Crippen LogP contribution in [0.2, 0.25) is 0 Å². The van der Waals surface area contributed by atoms with Crippen molar-refractivity contribution in [3.8, 4) is 0 Å². The summed E-state index contributed by atoms with van der Waals surface area (Å²) in [6.07, 6.45) is 3.21. The zero-order chi connectivity index (χ0) is 13.9. The quantitative estimate of drug-likeness (QED) is 0.631. The van der Waals surface area contributed by atoms with Crippen molar-refractivity contribution >= 4 is 15.7 Å². The Bertz CT molecular complexity index is 423. The fourth-order valence-electron chi connectivity index (χ4n) is 2.77. The van der Waals surface area contributed by atoms with Gasteiger partial charge in [-0.3, -0.25) is 4.79 Å². The van der Waals surface area contributed by atoms with Gasteiger partial charge in [0.1, 0.15) is 0 Å². The molecule has 1 heterocycles. The van der Waals surface area contributed by atoms with Crippen LogP contribution in [0.15, 0.2) is 0 Å². The smallest absolute Gasteiger partial charge is 0.221 e. The molecule has 0 radical (unpaired) electrons. The first kappa shape index (κ1) is 14.7. The van der Waals surface area contributed by atoms with Gasteiger partial charge in [-0.2, -0.15) is 0 Å². The highest BCUT2D eigenvalue weighted by Crippen LogP contribution is 2.18. The normalized spacial score (nSPS) is 34.7. The van der Waals surface area contributed by atoms with Crippen LogP contribution in [0, 0.1) is 0 Å². The molecule has 1 amide bonds. The molecule has 2 aliphatic rings. The number of nitrogens with one attached hydrogen (secondary N) is 2. The van der Waals surface area contributed by atoms with E-state index in [2.05, 4.69) is 10.6 Å². The van der Waals surface area contributed by atoms with Gasteiger partial charge in [0.05, 0.1) is 23.7 Å². The molecule has 0 spiro atoms. The van der Waals surface area contributed by atoms with Gasteiger partial charge in [0.15, 0.2) is 9.84 Å². The van der Waals surface area contributed by atoms with E-state index in [0.717, 1.165) is 25.7 Å². The fourth-order valence-corrected chi connectivity index (χ4v) is 4.21. The molecule has 6 nitrogen and oxygen atoms in total. The topological polar surface area (TPSA) is 95.5 Å². The summed E-state index contributed by atoms with van der Waals surface area (Å²) in [4.78, 5) is 11.9. The number of carbonyl (C=O) groups is 1. The summed E-state index contributed by atoms with van der Waals surface area (Å²) < 4.78 is 22.9. The van der Waals surface area contributed by atoms with Crippen LogP contribution in [-0.4, -0.2) is 55.7 Å². The van der Waals surface area contributed by atoms with Gasteiger partial charge >= 0.3 is 0 Å². The van der Waals surface area contributed by atoms with Crippen LogP contribution >= 0.6 is 0 Å². The van der Waals surface area contributed by atoms with E-state index in [9.17, 15) is 18.3 Å². The number of rotatable bonds is 3. The minimum atomic E-state index is -3.01. The van der Waals surface area contributed by atoms with Gasteiger partial charge in [-0.05, 0) is 12.8 Å². The fraction of sp³-hybridized carbons (Fsp3) is 0.917. The van der Waals surface area contributed by atoms with Gasteiger partial charge in [-0.1, -0.05) is 12.8 Å². The Morgan fingerprint density at radius 1 is 1.32 bits per heavy atom. The molecule has 110 valence electrons. The van der Waals surface area contributed by atoms with E-state index in [0.29, 0.717) is 6.54 Å². The summed E-state index contributed by atoms with van der Waals surface area (Å²) in [5.41, 5.74) is 0. The Morgan fingerprint density at radius 2 is 2.05 bits per heavy atom. The third-order valence-corrected chi connectivity index (χ3v) is 5.55. The summed E-state index contributed by atoms with van der Waals surface area (Å²) in [6, 6.07) is -0.485. The average Bonchev–Trinajstić information content (AvgIpc) is 2.30. The molecule has 1 aliphatic heterocycles. The van der Waals surface area contributed by atoms with Gasteiger partial charge in [0.2, 0.25) is 5.91 Å². The van der Waals surface area contributed by atoms with Gasteiger partial charge < -0.3 is 15.7 Å². The maximum atomic E-state index is 11.9. The summed E-state index contributed by atoms with van der Waals surface area (Å²) in [5.74, 6) is -0.0133. The lowest BCUT2D eigenvalue weighted by Gasteiger charge is -2.29. The zero-order valence-electron chi connectivity index (χ0n) is 11.0. The first-order valence-electron chi connectivity index (χ1n) is 6.87. The monoisotopic (exact) mass is 290 g/mol. The van der Waals surface area contributed by atoms with Crippen LogP contribution in [-0.2, 0) is 14.6 Å². The highest BCUT2D eigenvalue weighted by molar-refractivity contribution is 7.91. The van der Waals surface area contributed by atoms with Crippen molar-refractivity contribution in [3.05, 3.63) is 0 Å². The molecule has 3 atom stereocenters. The van der Waals surface area contributed by atoms with E-state index >= 15 is 0 Å². The van der Waals surface area contributed by atoms with Gasteiger partial charge in [-0.15, -0.1) is 0 Å². The number of carbonyl (C=O) groups excluding carboxylic acids is 1. The standard InChI is InChI=1S/C12H22N2O4S/c15-11-4-2-1-3-10(11)14-12(16)7-9-8-19(17,18)6-5-13-9/h9-11,13,15H,1-8H2,(H,14,16)/t9?,10-,11-/m0/s1. The number of sulfone groups is 1. The van der Waals surface area contributed by atoms with Crippen molar-refractivity contribution in [3.63, 3.8) is 0 Å². The molecular formula is C12H22N2O4S. The maximum absolute atomic E-state index is 11.9. The minimum Gasteiger partial charge on any atom is -0.391 e. The summed E-state index contributed by atoms with van der Waals surface area (Å²) in [6.45, 7) is 0.409. The molecule has 0 aromatic carbocycles. The van der Waals surface area contributed by atoms with Crippen LogP contribution in [0.25, 0.3) is 0 Å². The Labute approximate surface area is 113 Å². The minimum absolute atomic E-state index is 0.0215. The lowest BCUT2D eigenvalue weighted by molar-refractivity contribution is -0.123. The van der Waals surface area contributed by atoms with E-state index in [4.69, 9.17) is 0 Å². The number of amides is 1. The molecule has 1 aliphatic carbocycles. The number of hydrogen-bond donors (Lipinski definition) is 3. The second-order valence-electron chi connectivity index (χ2n) is 5.50. The molecular weight excluding hydrogens is 268 g/mol. The second-order valence-corrected chi connectivity index (χ2v) is 7.72. The number of aliphatic hydroxyl groups is 1. The van der Waals surface area contributed by atoms with Crippen molar-refractivity contribution in [2.24, 2.45) is 0 Å². The molecule has 3 N–H and O–H groups in total. The molecule has 2 fully saturated rings. The third kappa shape index (κ3) is 4.43. The van der Waals surface area contributed by atoms with Crippen LogP contribution in [0.4, 0.5) is 0 Å². The van der Waals surface area contributed by atoms with Crippen LogP contribution in [0.5, 0.6) is 0 Å². The average molecular weight is 290 g/mol. The van der Waals surface area contributed by atoms with Crippen molar-refractivity contribution in [2.45, 2.75) is 50.3 Å². The Morgan fingerprint density at radius 3 is 2.74 bits per heavy atom. The third-order valence-electron chi connectivity index (χ3n) is 3.81. The van der Waals surface area contributed by atoms with E-state index in [-0.39, 0.29) is 35.9 Å². The molecule has 0 bridgehead atoms. The zero-order valence-corrected chi connectivity index (χ0v) is 11.8. The lowest BCUT2D eigenvalue weighted by atomic mass is 9.92. The molecule has 0 aromatic rings. The summed E-state index contributed by atoms with van der Waals surface area (Å²) >= 11 is 0. The first-order chi connectivity index (χ1) is 8.96. The lowest BCUT2D eigenvalue weighted by Crippen LogP contribution is -2.50. The van der Waals surface area contributed by atoms with E-state index < -0.39 is 15.9 Å². The van der Waals surface area contributed by atoms with E-state index in [1.165, 1.54) is 0 Å². The largest absolute Gasteiger partial charge is 0.391 e. The summed E-state index contributed by atoms with van der Waals surface area (Å²) in [7, 11) is -3.01. The molecule has 1 saturated heterocycles. The van der Waals surface area contributed by atoms with Gasteiger partial charge in [0.25, 0.3) is 0 Å². The van der Waals surface area contributed by atoms with Crippen molar-refractivity contribution in [2.75, 3.05) is 18.1 Å². The van der Waals surface area contributed by atoms with Gasteiger partial charge in [0, 0.05) is 19.0 Å². The van der Waals surface area contributed by atoms with Crippen LogP contribution < -0.4 is 10.6 Å². The second kappa shape index (κ2) is 6.19. The first-order valence-corrected chi connectivity index (χ1v) is 8.70. The Kier molecular flexibility index (Phi) is 4.81. The van der Waals surface area contributed by atoms with Crippen LogP contribution in [0.1, 0.15) is 32.1 Å². The van der Waals surface area contributed by atoms with Gasteiger partial charge in [-0.25, -0.2) is 8.42 Å². The van der Waals surface area contributed by atoms with Crippen molar-refractivity contribution in [1.29, 1.82) is 0 Å².